The van der Waals surface area contributed by atoms with Crippen LogP contribution in [0.5, 0.6) is 0 Å². The van der Waals surface area contributed by atoms with Crippen molar-refractivity contribution in [3.63, 3.8) is 0 Å². The van der Waals surface area contributed by atoms with Crippen LogP contribution in [-0.2, 0) is 14.3 Å². The Kier molecular flexibility index (Phi) is 5.36. The topological polar surface area (TPSA) is 104 Å². The maximum atomic E-state index is 11.8. The maximum Gasteiger partial charge on any atom is 0.408 e. The summed E-state index contributed by atoms with van der Waals surface area (Å²) in [6.07, 6.45) is 0.325. The molecule has 0 aromatic heterocycles. The number of hydrogen-bond acceptors (Lipinski definition) is 6. The molecule has 2 aliphatic heterocycles. The second-order valence-corrected chi connectivity index (χ2v) is 5.14. The number of amides is 2. The predicted octanol–water partition coefficient (Wildman–Crippen LogP) is -0.783. The van der Waals surface area contributed by atoms with Crippen LogP contribution in [0, 0.1) is 11.3 Å². The van der Waals surface area contributed by atoms with Crippen LogP contribution in [0.4, 0.5) is 4.79 Å². The summed E-state index contributed by atoms with van der Waals surface area (Å²) in [5.74, 6) is -0.246. The van der Waals surface area contributed by atoms with Crippen LogP contribution in [0.2, 0.25) is 0 Å². The molecule has 0 unspecified atom stereocenters. The molecule has 0 aromatic rings. The number of ether oxygens (including phenoxy) is 2. The van der Waals surface area contributed by atoms with Crippen LogP contribution in [-0.4, -0.2) is 68.4 Å². The molecule has 0 bridgehead atoms. The lowest BCUT2D eigenvalue weighted by Gasteiger charge is -2.31. The molecule has 2 fully saturated rings. The van der Waals surface area contributed by atoms with E-state index in [2.05, 4.69) is 16.7 Å². The monoisotopic (exact) mass is 296 g/mol. The van der Waals surface area contributed by atoms with Crippen molar-refractivity contribution in [2.24, 2.45) is 0 Å². The van der Waals surface area contributed by atoms with Gasteiger partial charge in [-0.3, -0.25) is 4.79 Å². The summed E-state index contributed by atoms with van der Waals surface area (Å²) in [7, 11) is 0. The van der Waals surface area contributed by atoms with Gasteiger partial charge in [0.1, 0.15) is 5.54 Å². The zero-order chi connectivity index (χ0) is 15.1. The average molecular weight is 296 g/mol. The molecule has 2 saturated heterocycles. The molecule has 0 atom stereocenters. The van der Waals surface area contributed by atoms with Crippen molar-refractivity contribution < 1.29 is 19.1 Å². The van der Waals surface area contributed by atoms with E-state index in [1.165, 1.54) is 0 Å². The molecule has 0 aliphatic carbocycles. The number of nitrogens with zero attached hydrogens (tertiary/aromatic N) is 2. The van der Waals surface area contributed by atoms with E-state index in [1.54, 1.807) is 4.90 Å². The zero-order valence-corrected chi connectivity index (χ0v) is 11.9. The van der Waals surface area contributed by atoms with Crippen LogP contribution < -0.4 is 10.6 Å². The molecule has 8 heteroatoms. The van der Waals surface area contributed by atoms with Gasteiger partial charge in [-0.05, 0) is 25.9 Å². The van der Waals surface area contributed by atoms with Gasteiger partial charge in [0.15, 0.2) is 6.61 Å². The van der Waals surface area contributed by atoms with E-state index in [9.17, 15) is 14.9 Å². The molecule has 21 heavy (non-hydrogen) atoms. The van der Waals surface area contributed by atoms with E-state index < -0.39 is 11.6 Å². The molecular weight excluding hydrogens is 276 g/mol. The Balaban J connectivity index is 1.76. The minimum Gasteiger partial charge on any atom is -0.439 e. The molecule has 0 aromatic carbocycles. The van der Waals surface area contributed by atoms with Gasteiger partial charge in [-0.25, -0.2) is 4.79 Å². The smallest absolute Gasteiger partial charge is 0.408 e. The van der Waals surface area contributed by atoms with E-state index in [1.807, 2.05) is 0 Å². The van der Waals surface area contributed by atoms with Crippen LogP contribution in [0.15, 0.2) is 0 Å². The highest BCUT2D eigenvalue weighted by Gasteiger charge is 2.34. The summed E-state index contributed by atoms with van der Waals surface area (Å²) < 4.78 is 10.1. The second kappa shape index (κ2) is 7.24. The van der Waals surface area contributed by atoms with Crippen LogP contribution in [0.3, 0.4) is 0 Å². The molecule has 0 radical (unpaired) electrons. The summed E-state index contributed by atoms with van der Waals surface area (Å²) in [6, 6.07) is 2.14. The van der Waals surface area contributed by atoms with Gasteiger partial charge in [0.05, 0.1) is 19.3 Å². The molecule has 116 valence electrons. The van der Waals surface area contributed by atoms with Gasteiger partial charge < -0.3 is 25.0 Å². The summed E-state index contributed by atoms with van der Waals surface area (Å²) in [4.78, 5) is 25.2. The summed E-state index contributed by atoms with van der Waals surface area (Å²) in [6.45, 7) is 3.05. The first-order valence-corrected chi connectivity index (χ1v) is 7.08. The molecule has 2 rings (SSSR count). The predicted molar refractivity (Wildman–Crippen MR) is 72.3 cm³/mol. The fraction of sp³-hybridized carbons (Fsp3) is 0.769. The fourth-order valence-electron chi connectivity index (χ4n) is 2.38. The Morgan fingerprint density at radius 1 is 1.33 bits per heavy atom. The number of nitriles is 1. The third-order valence-corrected chi connectivity index (χ3v) is 3.70. The van der Waals surface area contributed by atoms with Gasteiger partial charge in [0, 0.05) is 13.1 Å². The Bertz CT molecular complexity index is 422. The number of carbonyl (C=O) groups excluding carboxylic acids is 2. The highest BCUT2D eigenvalue weighted by molar-refractivity contribution is 5.80. The van der Waals surface area contributed by atoms with Crippen LogP contribution in [0.1, 0.15) is 12.8 Å². The number of piperidine rings is 1. The summed E-state index contributed by atoms with van der Waals surface area (Å²) in [5.41, 5.74) is -0.898. The number of morpholine rings is 1. The van der Waals surface area contributed by atoms with Crippen LogP contribution >= 0.6 is 0 Å². The number of rotatable bonds is 3. The Morgan fingerprint density at radius 2 is 2.00 bits per heavy atom. The number of carbonyl (C=O) groups is 2. The SMILES string of the molecule is N#CC1(NC(=O)OCC(=O)N2CCOCC2)CCNCC1. The largest absolute Gasteiger partial charge is 0.439 e. The van der Waals surface area contributed by atoms with Crippen molar-refractivity contribution in [3.8, 4) is 6.07 Å². The Labute approximate surface area is 123 Å². The van der Waals surface area contributed by atoms with Crippen LogP contribution in [0.25, 0.3) is 0 Å². The number of alkyl carbamates (subject to hydrolysis) is 1. The normalized spacial score (nSPS) is 21.2. The number of hydrogen-bond donors (Lipinski definition) is 2. The highest BCUT2D eigenvalue weighted by atomic mass is 16.6. The standard InChI is InChI=1S/C13H20N4O4/c14-10-13(1-3-15-4-2-13)16-12(19)21-9-11(18)17-5-7-20-8-6-17/h15H,1-9H2,(H,16,19). The zero-order valence-electron chi connectivity index (χ0n) is 11.9. The van der Waals surface area contributed by atoms with Gasteiger partial charge in [-0.15, -0.1) is 0 Å². The Hall–Kier alpha value is -1.85. The summed E-state index contributed by atoms with van der Waals surface area (Å²) in [5, 5.41) is 14.9. The van der Waals surface area contributed by atoms with Crippen molar-refractivity contribution in [1.82, 2.24) is 15.5 Å². The lowest BCUT2D eigenvalue weighted by Crippen LogP contribution is -2.54. The Morgan fingerprint density at radius 3 is 2.62 bits per heavy atom. The third kappa shape index (κ3) is 4.31. The second-order valence-electron chi connectivity index (χ2n) is 5.14. The van der Waals surface area contributed by atoms with Gasteiger partial charge in [0.25, 0.3) is 5.91 Å². The van der Waals surface area contributed by atoms with Crippen molar-refractivity contribution in [2.75, 3.05) is 46.0 Å². The van der Waals surface area contributed by atoms with Gasteiger partial charge in [0.2, 0.25) is 0 Å². The van der Waals surface area contributed by atoms with E-state index in [0.717, 1.165) is 0 Å². The van der Waals surface area contributed by atoms with E-state index in [4.69, 9.17) is 9.47 Å². The van der Waals surface area contributed by atoms with E-state index in [-0.39, 0.29) is 12.5 Å². The third-order valence-electron chi connectivity index (χ3n) is 3.70. The van der Waals surface area contributed by atoms with Gasteiger partial charge in [-0.2, -0.15) is 5.26 Å². The van der Waals surface area contributed by atoms with Gasteiger partial charge in [-0.1, -0.05) is 0 Å². The molecule has 0 saturated carbocycles. The van der Waals surface area contributed by atoms with Crippen molar-refractivity contribution >= 4 is 12.0 Å². The highest BCUT2D eigenvalue weighted by Crippen LogP contribution is 2.17. The molecular formula is C13H20N4O4. The minimum atomic E-state index is -0.898. The first kappa shape index (κ1) is 15.5. The van der Waals surface area contributed by atoms with E-state index >= 15 is 0 Å². The van der Waals surface area contributed by atoms with Crippen molar-refractivity contribution in [1.29, 1.82) is 5.26 Å². The molecule has 2 heterocycles. The van der Waals surface area contributed by atoms with E-state index in [0.29, 0.717) is 52.2 Å². The molecule has 2 N–H and O–H groups in total. The minimum absolute atomic E-state index is 0.246. The maximum absolute atomic E-state index is 11.8. The number of nitrogens with one attached hydrogen (secondary N) is 2. The lowest BCUT2D eigenvalue weighted by molar-refractivity contribution is -0.138. The molecule has 0 spiro atoms. The molecule has 2 amide bonds. The average Bonchev–Trinajstić information content (AvgIpc) is 2.54. The fourth-order valence-corrected chi connectivity index (χ4v) is 2.38. The quantitative estimate of drug-likeness (QED) is 0.708. The first-order valence-electron chi connectivity index (χ1n) is 7.08. The lowest BCUT2D eigenvalue weighted by atomic mass is 9.90. The van der Waals surface area contributed by atoms with Crippen molar-refractivity contribution in [2.45, 2.75) is 18.4 Å². The first-order chi connectivity index (χ1) is 10.2. The molecule has 8 nitrogen and oxygen atoms in total. The summed E-state index contributed by atoms with van der Waals surface area (Å²) >= 11 is 0. The van der Waals surface area contributed by atoms with Crippen molar-refractivity contribution in [3.05, 3.63) is 0 Å². The molecule has 2 aliphatic rings. The van der Waals surface area contributed by atoms with Gasteiger partial charge >= 0.3 is 6.09 Å².